The van der Waals surface area contributed by atoms with Crippen molar-refractivity contribution in [2.45, 2.75) is 13.5 Å². The summed E-state index contributed by atoms with van der Waals surface area (Å²) in [4.78, 5) is 20.4. The lowest BCUT2D eigenvalue weighted by Crippen LogP contribution is -2.51. The van der Waals surface area contributed by atoms with Crippen LogP contribution in [0, 0.1) is 18.6 Å². The van der Waals surface area contributed by atoms with Crippen molar-refractivity contribution in [2.75, 3.05) is 38.2 Å². The number of oxazole rings is 1. The first kappa shape index (κ1) is 21.6. The maximum absolute atomic E-state index is 13.8. The van der Waals surface area contributed by atoms with Gasteiger partial charge in [0.05, 0.1) is 18.9 Å². The molecule has 2 aromatic carbocycles. The fourth-order valence-electron chi connectivity index (χ4n) is 3.68. The molecule has 1 aliphatic heterocycles. The van der Waals surface area contributed by atoms with Crippen molar-refractivity contribution >= 4 is 11.7 Å². The van der Waals surface area contributed by atoms with Gasteiger partial charge in [-0.2, -0.15) is 0 Å². The Morgan fingerprint density at radius 1 is 1.16 bits per heavy atom. The van der Waals surface area contributed by atoms with E-state index in [0.29, 0.717) is 43.6 Å². The minimum absolute atomic E-state index is 0.00489. The fraction of sp³-hybridized carbons (Fsp3) is 0.304. The van der Waals surface area contributed by atoms with Gasteiger partial charge in [-0.1, -0.05) is 6.07 Å². The number of benzene rings is 2. The molecular formula is C23H24F2N4O3. The lowest BCUT2D eigenvalue weighted by Gasteiger charge is -2.36. The first-order valence-corrected chi connectivity index (χ1v) is 10.3. The minimum Gasteiger partial charge on any atom is -0.496 e. The molecule has 168 valence electrons. The number of rotatable bonds is 5. The van der Waals surface area contributed by atoms with E-state index in [1.807, 2.05) is 18.2 Å². The molecule has 4 rings (SSSR count). The summed E-state index contributed by atoms with van der Waals surface area (Å²) in [6.45, 7) is 4.11. The maximum atomic E-state index is 13.8. The Morgan fingerprint density at radius 3 is 2.59 bits per heavy atom. The summed E-state index contributed by atoms with van der Waals surface area (Å²) < 4.78 is 37.9. The zero-order valence-electron chi connectivity index (χ0n) is 17.9. The van der Waals surface area contributed by atoms with Crippen LogP contribution in [0.4, 0.5) is 19.3 Å². The third-order valence-corrected chi connectivity index (χ3v) is 5.45. The van der Waals surface area contributed by atoms with Crippen LogP contribution < -0.4 is 15.0 Å². The molecule has 0 spiro atoms. The lowest BCUT2D eigenvalue weighted by atomic mass is 10.1. The van der Waals surface area contributed by atoms with Crippen LogP contribution in [0.1, 0.15) is 11.5 Å². The number of anilines is 1. The number of aromatic nitrogens is 1. The van der Waals surface area contributed by atoms with Gasteiger partial charge in [0.15, 0.2) is 11.7 Å². The highest BCUT2D eigenvalue weighted by Crippen LogP contribution is 2.34. The highest BCUT2D eigenvalue weighted by Gasteiger charge is 2.22. The van der Waals surface area contributed by atoms with E-state index in [2.05, 4.69) is 15.2 Å². The zero-order valence-corrected chi connectivity index (χ0v) is 17.9. The molecule has 1 fully saturated rings. The summed E-state index contributed by atoms with van der Waals surface area (Å²) in [6.07, 6.45) is 1.67. The van der Waals surface area contributed by atoms with Crippen LogP contribution in [0.25, 0.3) is 11.3 Å². The van der Waals surface area contributed by atoms with Gasteiger partial charge in [0.1, 0.15) is 17.4 Å². The van der Waals surface area contributed by atoms with E-state index in [1.54, 1.807) is 25.1 Å². The third-order valence-electron chi connectivity index (χ3n) is 5.45. The first-order chi connectivity index (χ1) is 15.4. The van der Waals surface area contributed by atoms with E-state index in [1.165, 1.54) is 12.1 Å². The van der Waals surface area contributed by atoms with Crippen molar-refractivity contribution in [3.05, 3.63) is 65.7 Å². The molecule has 0 unspecified atom stereocenters. The highest BCUT2D eigenvalue weighted by atomic mass is 19.1. The van der Waals surface area contributed by atoms with Crippen LogP contribution in [0.15, 0.2) is 47.0 Å². The molecule has 2 amide bonds. The Hall–Kier alpha value is -3.62. The average molecular weight is 442 g/mol. The number of halogens is 2. The molecule has 7 nitrogen and oxygen atoms in total. The molecule has 0 aliphatic carbocycles. The lowest BCUT2D eigenvalue weighted by molar-refractivity contribution is 0.194. The van der Waals surface area contributed by atoms with Gasteiger partial charge in [0, 0.05) is 63.0 Å². The van der Waals surface area contributed by atoms with Gasteiger partial charge >= 0.3 is 6.03 Å². The van der Waals surface area contributed by atoms with E-state index in [9.17, 15) is 13.6 Å². The van der Waals surface area contributed by atoms with Gasteiger partial charge in [0.2, 0.25) is 0 Å². The normalized spacial score (nSPS) is 13.9. The van der Waals surface area contributed by atoms with Gasteiger partial charge in [0.25, 0.3) is 0 Å². The fourth-order valence-corrected chi connectivity index (χ4v) is 3.68. The topological polar surface area (TPSA) is 70.8 Å². The number of urea groups is 1. The first-order valence-electron chi connectivity index (χ1n) is 10.3. The predicted molar refractivity (Wildman–Crippen MR) is 116 cm³/mol. The van der Waals surface area contributed by atoms with Crippen molar-refractivity contribution in [2.24, 2.45) is 0 Å². The maximum Gasteiger partial charge on any atom is 0.317 e. The van der Waals surface area contributed by atoms with Gasteiger partial charge in [-0.3, -0.25) is 0 Å². The number of aryl methyl sites for hydroxylation is 1. The van der Waals surface area contributed by atoms with Gasteiger partial charge < -0.3 is 24.3 Å². The van der Waals surface area contributed by atoms with E-state index in [0.717, 1.165) is 17.3 Å². The van der Waals surface area contributed by atoms with E-state index < -0.39 is 11.6 Å². The number of carbonyl (C=O) groups is 1. The molecule has 0 bridgehead atoms. The summed E-state index contributed by atoms with van der Waals surface area (Å²) in [5.41, 5.74) is 2.05. The van der Waals surface area contributed by atoms with Crippen molar-refractivity contribution in [3.63, 3.8) is 0 Å². The third kappa shape index (κ3) is 4.66. The van der Waals surface area contributed by atoms with Gasteiger partial charge in [-0.05, 0) is 18.2 Å². The predicted octanol–water partition coefficient (Wildman–Crippen LogP) is 3.97. The van der Waals surface area contributed by atoms with Crippen LogP contribution >= 0.6 is 0 Å². The zero-order chi connectivity index (χ0) is 22.7. The molecule has 1 aliphatic rings. The van der Waals surface area contributed by atoms with Crippen molar-refractivity contribution < 1.29 is 22.7 Å². The van der Waals surface area contributed by atoms with E-state index in [-0.39, 0.29) is 18.1 Å². The molecule has 0 radical (unpaired) electrons. The molecule has 32 heavy (non-hydrogen) atoms. The number of ether oxygens (including phenoxy) is 1. The largest absolute Gasteiger partial charge is 0.496 e. The monoisotopic (exact) mass is 442 g/mol. The molecule has 9 heteroatoms. The minimum atomic E-state index is -0.673. The van der Waals surface area contributed by atoms with Gasteiger partial charge in [-0.25, -0.2) is 18.6 Å². The highest BCUT2D eigenvalue weighted by molar-refractivity contribution is 5.75. The smallest absolute Gasteiger partial charge is 0.317 e. The summed E-state index contributed by atoms with van der Waals surface area (Å²) in [7, 11) is 1.61. The Labute approximate surface area is 184 Å². The number of nitrogens with one attached hydrogen (secondary N) is 1. The molecule has 0 saturated carbocycles. The summed E-state index contributed by atoms with van der Waals surface area (Å²) in [6, 6.07) is 8.91. The van der Waals surface area contributed by atoms with E-state index in [4.69, 9.17) is 9.15 Å². The Bertz CT molecular complexity index is 1110. The second-order valence-electron chi connectivity index (χ2n) is 7.50. The van der Waals surface area contributed by atoms with Crippen LogP contribution in [0.2, 0.25) is 0 Å². The molecule has 3 aromatic rings. The van der Waals surface area contributed by atoms with Crippen LogP contribution in [0.5, 0.6) is 5.75 Å². The Balaban J connectivity index is 1.35. The summed E-state index contributed by atoms with van der Waals surface area (Å²) in [5, 5.41) is 2.70. The Morgan fingerprint density at radius 2 is 1.94 bits per heavy atom. The number of amides is 2. The van der Waals surface area contributed by atoms with Gasteiger partial charge in [-0.15, -0.1) is 0 Å². The SMILES string of the molecule is COc1cc(N2CCN(C(=O)NCc3ccc(F)cc3F)CC2)ccc1-c1cnc(C)o1. The molecular weight excluding hydrogens is 418 g/mol. The second-order valence-corrected chi connectivity index (χ2v) is 7.50. The quantitative estimate of drug-likeness (QED) is 0.648. The average Bonchev–Trinajstić information content (AvgIpc) is 3.24. The number of nitrogens with zero attached hydrogens (tertiary/aromatic N) is 3. The van der Waals surface area contributed by atoms with Crippen molar-refractivity contribution in [3.8, 4) is 17.1 Å². The molecule has 1 N–H and O–H groups in total. The van der Waals surface area contributed by atoms with E-state index >= 15 is 0 Å². The number of hydrogen-bond donors (Lipinski definition) is 1. The number of methoxy groups -OCH3 is 1. The second kappa shape index (κ2) is 9.25. The Kier molecular flexibility index (Phi) is 6.25. The van der Waals surface area contributed by atoms with Crippen LogP contribution in [-0.4, -0.2) is 49.2 Å². The molecule has 2 heterocycles. The molecule has 0 atom stereocenters. The summed E-state index contributed by atoms with van der Waals surface area (Å²) >= 11 is 0. The standard InChI is InChI=1S/C23H24F2N4O3/c1-15-26-14-22(32-15)19-6-5-18(12-21(19)31-2)28-7-9-29(10-8-28)23(30)27-13-16-3-4-17(24)11-20(16)25/h3-6,11-12,14H,7-10,13H2,1-2H3,(H,27,30). The van der Waals surface area contributed by atoms with Crippen molar-refractivity contribution in [1.29, 1.82) is 0 Å². The summed E-state index contributed by atoms with van der Waals surface area (Å²) in [5.74, 6) is 0.593. The number of carbonyl (C=O) groups excluding carboxylic acids is 1. The van der Waals surface area contributed by atoms with Crippen LogP contribution in [0.3, 0.4) is 0 Å². The molecule has 1 aromatic heterocycles. The number of hydrogen-bond acceptors (Lipinski definition) is 5. The number of piperazine rings is 1. The van der Waals surface area contributed by atoms with Crippen molar-refractivity contribution in [1.82, 2.24) is 15.2 Å². The molecule has 1 saturated heterocycles. The van der Waals surface area contributed by atoms with Crippen LogP contribution in [-0.2, 0) is 6.54 Å².